The van der Waals surface area contributed by atoms with E-state index < -0.39 is 11.6 Å². The average molecular weight is 244 g/mol. The van der Waals surface area contributed by atoms with Gasteiger partial charge in [0.15, 0.2) is 11.6 Å². The van der Waals surface area contributed by atoms with Gasteiger partial charge in [0.05, 0.1) is 17.1 Å². The summed E-state index contributed by atoms with van der Waals surface area (Å²) in [5, 5.41) is 24.0. The molecule has 1 aromatic heterocycles. The standard InChI is InChI=1S/C13H9FN2O2/c14-9-3-1-5-11(13(9)18)16-10-4-2-6-12(17)8(10)7-15-16/h1-7,17-18H. The summed E-state index contributed by atoms with van der Waals surface area (Å²) >= 11 is 0. The van der Waals surface area contributed by atoms with E-state index in [1.165, 1.54) is 23.0 Å². The fourth-order valence-electron chi connectivity index (χ4n) is 1.90. The Kier molecular flexibility index (Phi) is 2.19. The fraction of sp³-hybridized carbons (Fsp3) is 0. The molecular formula is C13H9FN2O2. The van der Waals surface area contributed by atoms with Crippen LogP contribution in [0.15, 0.2) is 42.6 Å². The van der Waals surface area contributed by atoms with Crippen LogP contribution < -0.4 is 0 Å². The van der Waals surface area contributed by atoms with Crippen LogP contribution in [0.4, 0.5) is 4.39 Å². The number of rotatable bonds is 1. The minimum Gasteiger partial charge on any atom is -0.507 e. The van der Waals surface area contributed by atoms with Gasteiger partial charge in [-0.15, -0.1) is 0 Å². The predicted molar refractivity (Wildman–Crippen MR) is 64.4 cm³/mol. The van der Waals surface area contributed by atoms with Crippen LogP contribution in [0.3, 0.4) is 0 Å². The van der Waals surface area contributed by atoms with Gasteiger partial charge in [-0.2, -0.15) is 5.10 Å². The van der Waals surface area contributed by atoms with Crippen LogP contribution in [0, 0.1) is 5.82 Å². The van der Waals surface area contributed by atoms with Crippen molar-refractivity contribution in [2.75, 3.05) is 0 Å². The number of hydrogen-bond acceptors (Lipinski definition) is 3. The Labute approximate surface area is 102 Å². The molecule has 0 fully saturated rings. The van der Waals surface area contributed by atoms with E-state index in [1.807, 2.05) is 0 Å². The van der Waals surface area contributed by atoms with Gasteiger partial charge in [-0.1, -0.05) is 12.1 Å². The number of halogens is 1. The molecule has 3 aromatic rings. The maximum Gasteiger partial charge on any atom is 0.177 e. The molecule has 0 aliphatic rings. The van der Waals surface area contributed by atoms with E-state index in [0.29, 0.717) is 10.9 Å². The van der Waals surface area contributed by atoms with E-state index in [9.17, 15) is 14.6 Å². The van der Waals surface area contributed by atoms with E-state index in [0.717, 1.165) is 0 Å². The minimum atomic E-state index is -0.712. The van der Waals surface area contributed by atoms with Gasteiger partial charge in [0.2, 0.25) is 0 Å². The first-order valence-corrected chi connectivity index (χ1v) is 5.32. The van der Waals surface area contributed by atoms with Crippen molar-refractivity contribution in [3.63, 3.8) is 0 Å². The van der Waals surface area contributed by atoms with Crippen LogP contribution in [0.1, 0.15) is 0 Å². The quantitative estimate of drug-likeness (QED) is 0.691. The summed E-state index contributed by atoms with van der Waals surface area (Å²) in [7, 11) is 0. The number of aromatic nitrogens is 2. The summed E-state index contributed by atoms with van der Waals surface area (Å²) in [6.07, 6.45) is 1.47. The lowest BCUT2D eigenvalue weighted by Gasteiger charge is -2.06. The molecular weight excluding hydrogens is 235 g/mol. The summed E-state index contributed by atoms with van der Waals surface area (Å²) in [5.74, 6) is -1.09. The molecule has 90 valence electrons. The van der Waals surface area contributed by atoms with Crippen LogP contribution in [-0.4, -0.2) is 20.0 Å². The third kappa shape index (κ3) is 1.41. The Morgan fingerprint density at radius 3 is 2.67 bits per heavy atom. The van der Waals surface area contributed by atoms with Crippen molar-refractivity contribution >= 4 is 10.9 Å². The number of benzene rings is 2. The maximum atomic E-state index is 13.3. The molecule has 18 heavy (non-hydrogen) atoms. The molecule has 2 aromatic carbocycles. The zero-order valence-corrected chi connectivity index (χ0v) is 9.21. The maximum absolute atomic E-state index is 13.3. The zero-order valence-electron chi connectivity index (χ0n) is 9.21. The number of phenols is 2. The Bertz CT molecular complexity index is 737. The van der Waals surface area contributed by atoms with Crippen molar-refractivity contribution in [2.45, 2.75) is 0 Å². The molecule has 0 spiro atoms. The number of fused-ring (bicyclic) bond motifs is 1. The summed E-state index contributed by atoms with van der Waals surface area (Å²) in [4.78, 5) is 0. The molecule has 0 unspecified atom stereocenters. The van der Waals surface area contributed by atoms with Gasteiger partial charge in [-0.3, -0.25) is 0 Å². The topological polar surface area (TPSA) is 58.3 Å². The molecule has 3 rings (SSSR count). The first kappa shape index (κ1) is 10.6. The van der Waals surface area contributed by atoms with Gasteiger partial charge < -0.3 is 10.2 Å². The first-order valence-electron chi connectivity index (χ1n) is 5.32. The lowest BCUT2D eigenvalue weighted by Crippen LogP contribution is -1.97. The first-order chi connectivity index (χ1) is 8.68. The van der Waals surface area contributed by atoms with E-state index in [-0.39, 0.29) is 11.4 Å². The Morgan fingerprint density at radius 2 is 1.83 bits per heavy atom. The highest BCUT2D eigenvalue weighted by Gasteiger charge is 2.13. The number of nitrogens with zero attached hydrogens (tertiary/aromatic N) is 2. The molecule has 2 N–H and O–H groups in total. The lowest BCUT2D eigenvalue weighted by molar-refractivity contribution is 0.429. The zero-order chi connectivity index (χ0) is 12.7. The second-order valence-corrected chi connectivity index (χ2v) is 3.87. The number of hydrogen-bond donors (Lipinski definition) is 2. The molecule has 1 heterocycles. The molecule has 5 heteroatoms. The molecule has 0 bridgehead atoms. The summed E-state index contributed by atoms with van der Waals surface area (Å²) < 4.78 is 14.7. The molecule has 0 saturated heterocycles. The second-order valence-electron chi connectivity index (χ2n) is 3.87. The number of aromatic hydroxyl groups is 2. The second kappa shape index (κ2) is 3.73. The van der Waals surface area contributed by atoms with Gasteiger partial charge in [0.1, 0.15) is 11.4 Å². The fourth-order valence-corrected chi connectivity index (χ4v) is 1.90. The van der Waals surface area contributed by atoms with Gasteiger partial charge >= 0.3 is 0 Å². The van der Waals surface area contributed by atoms with Crippen LogP contribution in [-0.2, 0) is 0 Å². The van der Waals surface area contributed by atoms with Crippen molar-refractivity contribution in [2.24, 2.45) is 0 Å². The average Bonchev–Trinajstić information content (AvgIpc) is 2.78. The number of phenolic OH excluding ortho intramolecular Hbond substituents is 2. The Morgan fingerprint density at radius 1 is 1.06 bits per heavy atom. The monoisotopic (exact) mass is 244 g/mol. The van der Waals surface area contributed by atoms with Crippen molar-refractivity contribution in [1.82, 2.24) is 9.78 Å². The third-order valence-electron chi connectivity index (χ3n) is 2.78. The van der Waals surface area contributed by atoms with Crippen LogP contribution in [0.25, 0.3) is 16.6 Å². The highest BCUT2D eigenvalue weighted by Crippen LogP contribution is 2.30. The van der Waals surface area contributed by atoms with Gasteiger partial charge in [0, 0.05) is 0 Å². The van der Waals surface area contributed by atoms with E-state index in [4.69, 9.17) is 0 Å². The van der Waals surface area contributed by atoms with Crippen molar-refractivity contribution in [3.8, 4) is 17.2 Å². The molecule has 4 nitrogen and oxygen atoms in total. The molecule has 0 saturated carbocycles. The van der Waals surface area contributed by atoms with E-state index in [1.54, 1.807) is 24.3 Å². The lowest BCUT2D eigenvalue weighted by atomic mass is 10.2. The molecule has 0 radical (unpaired) electrons. The normalized spacial score (nSPS) is 10.9. The highest BCUT2D eigenvalue weighted by atomic mass is 19.1. The minimum absolute atomic E-state index is 0.0923. The number of para-hydroxylation sites is 1. The van der Waals surface area contributed by atoms with Crippen LogP contribution in [0.5, 0.6) is 11.5 Å². The predicted octanol–water partition coefficient (Wildman–Crippen LogP) is 2.58. The SMILES string of the molecule is Oc1c(F)cccc1-n1ncc2c(O)cccc21. The Hall–Kier alpha value is -2.56. The van der Waals surface area contributed by atoms with Gasteiger partial charge in [-0.25, -0.2) is 9.07 Å². The molecule has 0 aliphatic heterocycles. The van der Waals surface area contributed by atoms with Crippen molar-refractivity contribution in [3.05, 3.63) is 48.4 Å². The highest BCUT2D eigenvalue weighted by molar-refractivity contribution is 5.86. The van der Waals surface area contributed by atoms with E-state index >= 15 is 0 Å². The smallest absolute Gasteiger partial charge is 0.177 e. The summed E-state index contributed by atoms with van der Waals surface area (Å²) in [6.45, 7) is 0. The largest absolute Gasteiger partial charge is 0.507 e. The third-order valence-corrected chi connectivity index (χ3v) is 2.78. The summed E-state index contributed by atoms with van der Waals surface area (Å²) in [5.41, 5.74) is 0.825. The van der Waals surface area contributed by atoms with Gasteiger partial charge in [-0.05, 0) is 24.3 Å². The van der Waals surface area contributed by atoms with Crippen LogP contribution >= 0.6 is 0 Å². The van der Waals surface area contributed by atoms with Crippen LogP contribution in [0.2, 0.25) is 0 Å². The van der Waals surface area contributed by atoms with Gasteiger partial charge in [0.25, 0.3) is 0 Å². The van der Waals surface area contributed by atoms with E-state index in [2.05, 4.69) is 5.10 Å². The Balaban J connectivity index is 2.33. The van der Waals surface area contributed by atoms with Crippen molar-refractivity contribution < 1.29 is 14.6 Å². The van der Waals surface area contributed by atoms with Crippen molar-refractivity contribution in [1.29, 1.82) is 0 Å². The molecule has 0 amide bonds. The molecule has 0 aliphatic carbocycles. The summed E-state index contributed by atoms with van der Waals surface area (Å²) in [6, 6.07) is 9.13. The molecule has 0 atom stereocenters.